The third-order valence-electron chi connectivity index (χ3n) is 4.93. The fourth-order valence-electron chi connectivity index (χ4n) is 3.42. The first-order valence-electron chi connectivity index (χ1n) is 8.77. The molecule has 3 aromatic rings. The van der Waals surface area contributed by atoms with Crippen LogP contribution in [0.15, 0.2) is 47.4 Å². The van der Waals surface area contributed by atoms with Crippen molar-refractivity contribution in [3.05, 3.63) is 80.6 Å². The van der Waals surface area contributed by atoms with Crippen molar-refractivity contribution < 1.29 is 14.0 Å². The Bertz CT molecular complexity index is 1240. The van der Waals surface area contributed by atoms with Crippen LogP contribution in [0.3, 0.4) is 0 Å². The standard InChI is InChI=1S/C20H16ClFN4O3/c1-11-3-6-16-23-13(8-17(27)25(16)9-11)10-26-18(28)20(2,24-19(26)29)14-5-4-12(22)7-15(14)21/h3-9H,10H2,1-2H3,(H,24,29). The molecule has 1 unspecified atom stereocenters. The molecular weight excluding hydrogens is 399 g/mol. The molecule has 7 nitrogen and oxygen atoms in total. The van der Waals surface area contributed by atoms with Gasteiger partial charge in [0.15, 0.2) is 0 Å². The average Bonchev–Trinajstić information content (AvgIpc) is 2.86. The second kappa shape index (κ2) is 6.66. The van der Waals surface area contributed by atoms with Crippen molar-refractivity contribution in [2.75, 3.05) is 0 Å². The summed E-state index contributed by atoms with van der Waals surface area (Å²) in [5.74, 6) is -1.12. The first kappa shape index (κ1) is 19.1. The molecular formula is C20H16ClFN4O3. The Morgan fingerprint density at radius 1 is 1.17 bits per heavy atom. The van der Waals surface area contributed by atoms with Gasteiger partial charge in [0.1, 0.15) is 17.0 Å². The predicted octanol–water partition coefficient (Wildman–Crippen LogP) is 2.76. The summed E-state index contributed by atoms with van der Waals surface area (Å²) in [4.78, 5) is 43.3. The second-order valence-corrected chi connectivity index (χ2v) is 7.50. The van der Waals surface area contributed by atoms with E-state index < -0.39 is 23.3 Å². The third-order valence-corrected chi connectivity index (χ3v) is 5.24. The maximum atomic E-state index is 13.4. The third kappa shape index (κ3) is 3.15. The molecule has 148 valence electrons. The molecule has 2 aromatic heterocycles. The highest BCUT2D eigenvalue weighted by Gasteiger charge is 2.50. The lowest BCUT2D eigenvalue weighted by Crippen LogP contribution is -2.41. The van der Waals surface area contributed by atoms with Crippen molar-refractivity contribution in [3.8, 4) is 0 Å². The number of urea groups is 1. The molecule has 1 aromatic carbocycles. The van der Waals surface area contributed by atoms with Crippen molar-refractivity contribution in [2.45, 2.75) is 25.9 Å². The minimum absolute atomic E-state index is 0.0282. The number of benzene rings is 1. The number of carbonyl (C=O) groups is 2. The van der Waals surface area contributed by atoms with Crippen LogP contribution in [0.1, 0.15) is 23.7 Å². The number of aryl methyl sites for hydroxylation is 1. The summed E-state index contributed by atoms with van der Waals surface area (Å²) in [7, 11) is 0. The molecule has 9 heteroatoms. The molecule has 0 bridgehead atoms. The van der Waals surface area contributed by atoms with Gasteiger partial charge in [0, 0.05) is 22.8 Å². The van der Waals surface area contributed by atoms with Crippen molar-refractivity contribution in [3.63, 3.8) is 0 Å². The lowest BCUT2D eigenvalue weighted by atomic mass is 9.92. The first-order chi connectivity index (χ1) is 13.7. The van der Waals surface area contributed by atoms with E-state index in [2.05, 4.69) is 10.3 Å². The maximum Gasteiger partial charge on any atom is 0.325 e. The Hall–Kier alpha value is -3.26. The topological polar surface area (TPSA) is 83.8 Å². The summed E-state index contributed by atoms with van der Waals surface area (Å²) in [6.07, 6.45) is 1.66. The van der Waals surface area contributed by atoms with Crippen LogP contribution in [-0.4, -0.2) is 26.2 Å². The molecule has 4 rings (SSSR count). The van der Waals surface area contributed by atoms with Crippen LogP contribution in [0.25, 0.3) is 5.65 Å². The van der Waals surface area contributed by atoms with Crippen LogP contribution in [0, 0.1) is 12.7 Å². The van der Waals surface area contributed by atoms with Gasteiger partial charge in [-0.15, -0.1) is 0 Å². The molecule has 0 spiro atoms. The second-order valence-electron chi connectivity index (χ2n) is 7.09. The van der Waals surface area contributed by atoms with Crippen molar-refractivity contribution in [2.24, 2.45) is 0 Å². The minimum atomic E-state index is -1.45. The quantitative estimate of drug-likeness (QED) is 0.668. The van der Waals surface area contributed by atoms with Crippen LogP contribution in [0.4, 0.5) is 9.18 Å². The normalized spacial score (nSPS) is 19.1. The summed E-state index contributed by atoms with van der Waals surface area (Å²) < 4.78 is 14.8. The number of rotatable bonds is 3. The SMILES string of the molecule is Cc1ccc2nc(CN3C(=O)NC(C)(c4ccc(F)cc4Cl)C3=O)cc(=O)n2c1. The fraction of sp³-hybridized carbons (Fsp3) is 0.200. The van der Waals surface area contributed by atoms with Gasteiger partial charge in [-0.2, -0.15) is 0 Å². The first-order valence-corrected chi connectivity index (χ1v) is 9.15. The van der Waals surface area contributed by atoms with Gasteiger partial charge >= 0.3 is 6.03 Å². The van der Waals surface area contributed by atoms with Crippen LogP contribution < -0.4 is 10.9 Å². The monoisotopic (exact) mass is 414 g/mol. The zero-order valence-electron chi connectivity index (χ0n) is 15.6. The average molecular weight is 415 g/mol. The van der Waals surface area contributed by atoms with Gasteiger partial charge in [0.25, 0.3) is 11.5 Å². The molecule has 1 aliphatic rings. The highest BCUT2D eigenvalue weighted by Crippen LogP contribution is 2.34. The number of halogens is 2. The Balaban J connectivity index is 1.69. The van der Waals surface area contributed by atoms with Crippen molar-refractivity contribution in [1.29, 1.82) is 0 Å². The van der Waals surface area contributed by atoms with Crippen LogP contribution in [-0.2, 0) is 16.9 Å². The van der Waals surface area contributed by atoms with E-state index in [4.69, 9.17) is 11.6 Å². The summed E-state index contributed by atoms with van der Waals surface area (Å²) in [5.41, 5.74) is 0.0974. The van der Waals surface area contributed by atoms with Crippen molar-refractivity contribution in [1.82, 2.24) is 19.6 Å². The summed E-state index contributed by atoms with van der Waals surface area (Å²) in [6, 6.07) is 7.75. The largest absolute Gasteiger partial charge is 0.325 e. The lowest BCUT2D eigenvalue weighted by molar-refractivity contribution is -0.131. The Morgan fingerprint density at radius 2 is 1.93 bits per heavy atom. The van der Waals surface area contributed by atoms with E-state index in [1.165, 1.54) is 29.5 Å². The van der Waals surface area contributed by atoms with E-state index in [-0.39, 0.29) is 28.4 Å². The molecule has 29 heavy (non-hydrogen) atoms. The highest BCUT2D eigenvalue weighted by molar-refractivity contribution is 6.32. The van der Waals surface area contributed by atoms with E-state index in [0.29, 0.717) is 5.65 Å². The number of nitrogens with one attached hydrogen (secondary N) is 1. The molecule has 1 N–H and O–H groups in total. The minimum Gasteiger partial charge on any atom is -0.319 e. The summed E-state index contributed by atoms with van der Waals surface area (Å²) in [5, 5.41) is 2.63. The zero-order valence-corrected chi connectivity index (χ0v) is 16.3. The van der Waals surface area contributed by atoms with Gasteiger partial charge in [-0.25, -0.2) is 14.2 Å². The maximum absolute atomic E-state index is 13.4. The van der Waals surface area contributed by atoms with E-state index in [1.807, 2.05) is 13.0 Å². The molecule has 0 saturated carbocycles. The molecule has 1 aliphatic heterocycles. The van der Waals surface area contributed by atoms with E-state index in [1.54, 1.807) is 12.3 Å². The van der Waals surface area contributed by atoms with E-state index in [9.17, 15) is 18.8 Å². The van der Waals surface area contributed by atoms with Gasteiger partial charge in [-0.3, -0.25) is 18.9 Å². The van der Waals surface area contributed by atoms with Crippen LogP contribution in [0.5, 0.6) is 0 Å². The van der Waals surface area contributed by atoms with Crippen LogP contribution in [0.2, 0.25) is 5.02 Å². The molecule has 0 radical (unpaired) electrons. The van der Waals surface area contributed by atoms with E-state index >= 15 is 0 Å². The number of aromatic nitrogens is 2. The number of nitrogens with zero attached hydrogens (tertiary/aromatic N) is 3. The molecule has 3 heterocycles. The highest BCUT2D eigenvalue weighted by atomic mass is 35.5. The Kier molecular flexibility index (Phi) is 4.38. The van der Waals surface area contributed by atoms with Crippen molar-refractivity contribution >= 4 is 29.2 Å². The van der Waals surface area contributed by atoms with Gasteiger partial charge in [0.2, 0.25) is 0 Å². The Morgan fingerprint density at radius 3 is 2.66 bits per heavy atom. The molecule has 0 aliphatic carbocycles. The van der Waals surface area contributed by atoms with E-state index in [0.717, 1.165) is 16.5 Å². The van der Waals surface area contributed by atoms with Gasteiger partial charge in [-0.05, 0) is 37.6 Å². The summed E-state index contributed by atoms with van der Waals surface area (Å²) in [6.45, 7) is 3.17. The lowest BCUT2D eigenvalue weighted by Gasteiger charge is -2.23. The summed E-state index contributed by atoms with van der Waals surface area (Å²) >= 11 is 6.10. The Labute approximate surface area is 169 Å². The smallest absolute Gasteiger partial charge is 0.319 e. The number of hydrogen-bond acceptors (Lipinski definition) is 4. The number of amides is 3. The molecule has 3 amide bonds. The number of hydrogen-bond donors (Lipinski definition) is 1. The molecule has 1 fully saturated rings. The number of imide groups is 1. The zero-order chi connectivity index (χ0) is 20.9. The van der Waals surface area contributed by atoms with Crippen LogP contribution >= 0.6 is 11.6 Å². The molecule has 1 saturated heterocycles. The number of pyridine rings is 1. The van der Waals surface area contributed by atoms with Gasteiger partial charge in [-0.1, -0.05) is 23.7 Å². The fourth-order valence-corrected chi connectivity index (χ4v) is 3.78. The predicted molar refractivity (Wildman–Crippen MR) is 104 cm³/mol. The molecule has 1 atom stereocenters. The van der Waals surface area contributed by atoms with Gasteiger partial charge < -0.3 is 5.32 Å². The van der Waals surface area contributed by atoms with Gasteiger partial charge in [0.05, 0.1) is 12.2 Å². The number of carbonyl (C=O) groups excluding carboxylic acids is 2. The number of fused-ring (bicyclic) bond motifs is 1.